The van der Waals surface area contributed by atoms with Gasteiger partial charge in [-0.05, 0) is 55.0 Å². The molecular weight excluding hydrogens is 304 g/mol. The maximum absolute atomic E-state index is 9.53. The van der Waals surface area contributed by atoms with Crippen molar-refractivity contribution >= 4 is 0 Å². The number of rotatable bonds is 9. The van der Waals surface area contributed by atoms with Crippen molar-refractivity contribution in [2.75, 3.05) is 19.8 Å². The lowest BCUT2D eigenvalue weighted by Gasteiger charge is -2.17. The molecule has 0 aromatic heterocycles. The van der Waals surface area contributed by atoms with Gasteiger partial charge in [-0.1, -0.05) is 25.1 Å². The zero-order valence-corrected chi connectivity index (χ0v) is 14.2. The topological polar surface area (TPSA) is 51.2 Å². The summed E-state index contributed by atoms with van der Waals surface area (Å²) in [5.74, 6) is 2.27. The van der Waals surface area contributed by atoms with E-state index in [4.69, 9.17) is 14.2 Å². The van der Waals surface area contributed by atoms with Crippen LogP contribution in [-0.2, 0) is 15.9 Å². The van der Waals surface area contributed by atoms with Crippen molar-refractivity contribution in [1.82, 2.24) is 0 Å². The van der Waals surface area contributed by atoms with Gasteiger partial charge in [-0.2, -0.15) is 0 Å². The van der Waals surface area contributed by atoms with E-state index in [9.17, 15) is 5.11 Å². The highest BCUT2D eigenvalue weighted by molar-refractivity contribution is 5.29. The van der Waals surface area contributed by atoms with Crippen LogP contribution in [0.3, 0.4) is 0 Å². The van der Waals surface area contributed by atoms with E-state index in [1.54, 1.807) is 0 Å². The monoisotopic (exact) mass is 330 g/mol. The minimum absolute atomic E-state index is 0.302. The molecule has 3 atom stereocenters. The van der Waals surface area contributed by atoms with Crippen LogP contribution in [0.25, 0.3) is 0 Å². The third-order valence-corrected chi connectivity index (χ3v) is 4.33. The number of ether oxygens (including phenoxy) is 3. The summed E-state index contributed by atoms with van der Waals surface area (Å²) in [7, 11) is 0. The molecule has 3 rings (SSSR count). The fourth-order valence-electron chi connectivity index (χ4n) is 2.59. The number of hydrogen-bond donors (Lipinski definition) is 1. The summed E-state index contributed by atoms with van der Waals surface area (Å²) in [5.41, 5.74) is 1.29. The van der Waals surface area contributed by atoms with E-state index in [0.717, 1.165) is 31.0 Å². The molecule has 1 aliphatic carbocycles. The van der Waals surface area contributed by atoms with Crippen LogP contribution in [0.2, 0.25) is 0 Å². The van der Waals surface area contributed by atoms with Gasteiger partial charge in [-0.15, -0.1) is 0 Å². The molecule has 1 aromatic rings. The first-order valence-electron chi connectivity index (χ1n) is 8.75. The Hall–Kier alpha value is -1.78. The zero-order chi connectivity index (χ0) is 16.8. The van der Waals surface area contributed by atoms with Crippen molar-refractivity contribution in [2.24, 2.45) is 5.92 Å². The van der Waals surface area contributed by atoms with Gasteiger partial charge in [0.2, 0.25) is 0 Å². The Balaban J connectivity index is 1.42. The second-order valence-corrected chi connectivity index (χ2v) is 6.45. The van der Waals surface area contributed by atoms with Crippen LogP contribution in [0, 0.1) is 5.92 Å². The number of aliphatic hydroxyl groups excluding tert-OH is 1. The van der Waals surface area contributed by atoms with Gasteiger partial charge in [0.05, 0.1) is 12.7 Å². The molecule has 1 aromatic carbocycles. The van der Waals surface area contributed by atoms with E-state index in [2.05, 4.69) is 30.4 Å². The van der Waals surface area contributed by atoms with E-state index >= 15 is 0 Å². The molecule has 1 heterocycles. The van der Waals surface area contributed by atoms with Crippen LogP contribution in [0.5, 0.6) is 5.75 Å². The number of hydrogen-bond acceptors (Lipinski definition) is 4. The molecule has 0 amide bonds. The highest BCUT2D eigenvalue weighted by Gasteiger charge is 2.23. The quantitative estimate of drug-likeness (QED) is 0.706. The second kappa shape index (κ2) is 8.36. The van der Waals surface area contributed by atoms with E-state index in [0.29, 0.717) is 31.7 Å². The smallest absolute Gasteiger partial charge is 0.119 e. The maximum atomic E-state index is 9.53. The van der Waals surface area contributed by atoms with Crippen molar-refractivity contribution in [3.63, 3.8) is 0 Å². The number of epoxide rings is 1. The van der Waals surface area contributed by atoms with Crippen LogP contribution in [0.4, 0.5) is 0 Å². The van der Waals surface area contributed by atoms with Crippen molar-refractivity contribution in [3.8, 4) is 5.75 Å². The van der Waals surface area contributed by atoms with Gasteiger partial charge in [0, 0.05) is 0 Å². The molecule has 130 valence electrons. The van der Waals surface area contributed by atoms with Crippen LogP contribution >= 0.6 is 0 Å². The summed E-state index contributed by atoms with van der Waals surface area (Å²) in [5, 5.41) is 9.53. The lowest BCUT2D eigenvalue weighted by Crippen LogP contribution is -2.15. The highest BCUT2D eigenvalue weighted by Crippen LogP contribution is 2.23. The van der Waals surface area contributed by atoms with E-state index in [1.165, 1.54) is 5.56 Å². The molecule has 0 bridgehead atoms. The average Bonchev–Trinajstić information content (AvgIpc) is 3.45. The number of aliphatic hydroxyl groups is 1. The predicted octanol–water partition coefficient (Wildman–Crippen LogP) is 3.25. The lowest BCUT2D eigenvalue weighted by atomic mass is 9.93. The highest BCUT2D eigenvalue weighted by atomic mass is 16.6. The molecule has 4 heteroatoms. The van der Waals surface area contributed by atoms with Gasteiger partial charge in [-0.25, -0.2) is 0 Å². The van der Waals surface area contributed by atoms with Crippen LogP contribution in [0.1, 0.15) is 25.3 Å². The predicted molar refractivity (Wildman–Crippen MR) is 93.0 cm³/mol. The van der Waals surface area contributed by atoms with Crippen molar-refractivity contribution in [3.05, 3.63) is 53.8 Å². The van der Waals surface area contributed by atoms with Gasteiger partial charge in [0.1, 0.15) is 30.8 Å². The summed E-state index contributed by atoms with van der Waals surface area (Å²) in [6.07, 6.45) is 9.08. The van der Waals surface area contributed by atoms with Crippen LogP contribution in [0.15, 0.2) is 48.3 Å². The fourth-order valence-corrected chi connectivity index (χ4v) is 2.59. The summed E-state index contributed by atoms with van der Waals surface area (Å²) < 4.78 is 16.4. The van der Waals surface area contributed by atoms with Gasteiger partial charge in [0.25, 0.3) is 0 Å². The molecule has 0 spiro atoms. The van der Waals surface area contributed by atoms with E-state index in [-0.39, 0.29) is 0 Å². The minimum atomic E-state index is -0.397. The molecule has 1 aliphatic heterocycles. The van der Waals surface area contributed by atoms with Gasteiger partial charge in [0.15, 0.2) is 0 Å². The number of allylic oxidation sites excluding steroid dienone is 3. The van der Waals surface area contributed by atoms with Crippen LogP contribution < -0.4 is 4.74 Å². The summed E-state index contributed by atoms with van der Waals surface area (Å²) >= 11 is 0. The molecule has 1 saturated heterocycles. The van der Waals surface area contributed by atoms with Crippen molar-refractivity contribution < 1.29 is 19.3 Å². The molecule has 1 N–H and O–H groups in total. The van der Waals surface area contributed by atoms with Gasteiger partial charge in [-0.3, -0.25) is 0 Å². The Morgan fingerprint density at radius 2 is 2.04 bits per heavy atom. The summed E-state index contributed by atoms with van der Waals surface area (Å²) in [6, 6.07) is 8.15. The van der Waals surface area contributed by atoms with Gasteiger partial charge >= 0.3 is 0 Å². The van der Waals surface area contributed by atoms with Crippen LogP contribution in [-0.4, -0.2) is 37.1 Å². The average molecular weight is 330 g/mol. The summed E-state index contributed by atoms with van der Waals surface area (Å²) in [4.78, 5) is 0. The fraction of sp³-hybridized carbons (Fsp3) is 0.500. The normalized spacial score (nSPS) is 23.5. The first-order chi connectivity index (χ1) is 11.7. The van der Waals surface area contributed by atoms with E-state index < -0.39 is 6.10 Å². The molecule has 3 unspecified atom stereocenters. The number of benzene rings is 1. The Labute approximate surface area is 143 Å². The molecular formula is C20H26O4. The Kier molecular flexibility index (Phi) is 5.94. The summed E-state index contributed by atoms with van der Waals surface area (Å²) in [6.45, 7) is 3.78. The lowest BCUT2D eigenvalue weighted by molar-refractivity contribution is 0.104. The van der Waals surface area contributed by atoms with Crippen molar-refractivity contribution in [1.29, 1.82) is 0 Å². The third-order valence-electron chi connectivity index (χ3n) is 4.33. The van der Waals surface area contributed by atoms with Crippen molar-refractivity contribution in [2.45, 2.75) is 38.4 Å². The largest absolute Gasteiger partial charge is 0.491 e. The molecule has 0 radical (unpaired) electrons. The maximum Gasteiger partial charge on any atom is 0.119 e. The molecule has 2 aliphatic rings. The first-order valence-corrected chi connectivity index (χ1v) is 8.75. The Morgan fingerprint density at radius 3 is 2.67 bits per heavy atom. The van der Waals surface area contributed by atoms with E-state index in [1.807, 2.05) is 19.1 Å². The third kappa shape index (κ3) is 5.39. The Morgan fingerprint density at radius 1 is 1.25 bits per heavy atom. The molecule has 1 fully saturated rings. The Bertz CT molecular complexity index is 572. The molecule has 0 saturated carbocycles. The van der Waals surface area contributed by atoms with Gasteiger partial charge < -0.3 is 19.3 Å². The standard InChI is InChI=1S/C20H26O4/c1-2-17(21)12-22-18-7-3-15(4-8-18)11-16-5-9-19(10-6-16)23-13-20-14-24-20/h3-5,7-10,16-17,20-21H,2,6,11-14H2,1H3. The minimum Gasteiger partial charge on any atom is -0.491 e. The molecule has 4 nitrogen and oxygen atoms in total. The SMILES string of the molecule is CCC(O)COc1ccc(CC2C=CC(OCC3CO3)=CC2)cc1. The first kappa shape index (κ1) is 17.1. The molecule has 24 heavy (non-hydrogen) atoms. The second-order valence-electron chi connectivity index (χ2n) is 6.45. The zero-order valence-electron chi connectivity index (χ0n) is 14.2.